The third kappa shape index (κ3) is 4.29. The van der Waals surface area contributed by atoms with Crippen LogP contribution in [0.2, 0.25) is 0 Å². The van der Waals surface area contributed by atoms with Gasteiger partial charge in [0.2, 0.25) is 5.91 Å². The molecule has 1 N–H and O–H groups in total. The highest BCUT2D eigenvalue weighted by Crippen LogP contribution is 2.16. The second-order valence-corrected chi connectivity index (χ2v) is 6.81. The van der Waals surface area contributed by atoms with Crippen LogP contribution >= 0.6 is 0 Å². The number of aromatic nitrogens is 2. The van der Waals surface area contributed by atoms with Gasteiger partial charge in [0.05, 0.1) is 18.4 Å². The highest BCUT2D eigenvalue weighted by molar-refractivity contribution is 5.93. The third-order valence-electron chi connectivity index (χ3n) is 4.71. The summed E-state index contributed by atoms with van der Waals surface area (Å²) in [5.74, 6) is 0.000602. The first kappa shape index (κ1) is 18.1. The van der Waals surface area contributed by atoms with Gasteiger partial charge < -0.3 is 10.2 Å². The Morgan fingerprint density at radius 2 is 1.88 bits per heavy atom. The molecular weight excluding hydrogens is 330 g/mol. The van der Waals surface area contributed by atoms with Gasteiger partial charge in [-0.15, -0.1) is 0 Å². The minimum Gasteiger partial charge on any atom is -0.368 e. The maximum atomic E-state index is 12.3. The van der Waals surface area contributed by atoms with Gasteiger partial charge in [-0.05, 0) is 25.5 Å². The Hall–Kier alpha value is -2.67. The number of amides is 1. The van der Waals surface area contributed by atoms with Crippen LogP contribution < -0.4 is 15.8 Å². The number of piperazine rings is 1. The van der Waals surface area contributed by atoms with Gasteiger partial charge in [0.1, 0.15) is 0 Å². The third-order valence-corrected chi connectivity index (χ3v) is 4.71. The number of nitrogens with one attached hydrogen (secondary N) is 1. The van der Waals surface area contributed by atoms with Gasteiger partial charge in [-0.25, -0.2) is 4.68 Å². The summed E-state index contributed by atoms with van der Waals surface area (Å²) in [5.41, 5.74) is 3.85. The Kier molecular flexibility index (Phi) is 5.37. The summed E-state index contributed by atoms with van der Waals surface area (Å²) in [4.78, 5) is 28.3. The Bertz CT molecular complexity index is 853. The van der Waals surface area contributed by atoms with E-state index >= 15 is 0 Å². The molecule has 1 aliphatic rings. The van der Waals surface area contributed by atoms with Gasteiger partial charge in [0.25, 0.3) is 5.56 Å². The molecule has 1 aromatic carbocycles. The molecule has 138 valence electrons. The van der Waals surface area contributed by atoms with Crippen LogP contribution in [-0.2, 0) is 11.8 Å². The zero-order valence-corrected chi connectivity index (χ0v) is 15.5. The molecule has 0 saturated carbocycles. The van der Waals surface area contributed by atoms with Crippen molar-refractivity contribution in [3.63, 3.8) is 0 Å². The van der Waals surface area contributed by atoms with Gasteiger partial charge in [0, 0.05) is 45.0 Å². The minimum atomic E-state index is -0.113. The standard InChI is InChI=1S/C19H25N5O2/c1-14-4-5-17(15(2)10-14)21-18(25)13-23-6-8-24(9-7-23)16-11-19(26)22(3)20-12-16/h4-5,10-12H,6-9,13H2,1-3H3,(H,21,25). The van der Waals surface area contributed by atoms with E-state index in [1.54, 1.807) is 19.3 Å². The van der Waals surface area contributed by atoms with Crippen LogP contribution in [0.4, 0.5) is 11.4 Å². The summed E-state index contributed by atoms with van der Waals surface area (Å²) < 4.78 is 1.32. The largest absolute Gasteiger partial charge is 0.368 e. The molecule has 0 radical (unpaired) electrons. The fourth-order valence-electron chi connectivity index (χ4n) is 3.14. The fraction of sp³-hybridized carbons (Fsp3) is 0.421. The van der Waals surface area contributed by atoms with E-state index in [9.17, 15) is 9.59 Å². The van der Waals surface area contributed by atoms with E-state index < -0.39 is 0 Å². The van der Waals surface area contributed by atoms with Gasteiger partial charge in [-0.2, -0.15) is 5.10 Å². The van der Waals surface area contributed by atoms with Gasteiger partial charge >= 0.3 is 0 Å². The first-order valence-electron chi connectivity index (χ1n) is 8.80. The number of hydrogen-bond donors (Lipinski definition) is 1. The van der Waals surface area contributed by atoms with Crippen LogP contribution in [0.25, 0.3) is 0 Å². The molecule has 0 aliphatic carbocycles. The molecule has 0 unspecified atom stereocenters. The van der Waals surface area contributed by atoms with Crippen LogP contribution in [0.3, 0.4) is 0 Å². The molecule has 2 heterocycles. The van der Waals surface area contributed by atoms with Gasteiger partial charge in [-0.3, -0.25) is 14.5 Å². The number of carbonyl (C=O) groups excluding carboxylic acids is 1. The van der Waals surface area contributed by atoms with Crippen molar-refractivity contribution in [1.29, 1.82) is 0 Å². The van der Waals surface area contributed by atoms with E-state index in [4.69, 9.17) is 0 Å². The lowest BCUT2D eigenvalue weighted by Gasteiger charge is -2.35. The topological polar surface area (TPSA) is 70.5 Å². The molecule has 1 aromatic heterocycles. The lowest BCUT2D eigenvalue weighted by Crippen LogP contribution is -2.49. The Morgan fingerprint density at radius 3 is 2.54 bits per heavy atom. The molecule has 7 nitrogen and oxygen atoms in total. The van der Waals surface area contributed by atoms with Crippen LogP contribution in [0.1, 0.15) is 11.1 Å². The smallest absolute Gasteiger partial charge is 0.268 e. The average Bonchev–Trinajstić information content (AvgIpc) is 2.60. The average molecular weight is 355 g/mol. The van der Waals surface area contributed by atoms with Crippen molar-refractivity contribution in [3.8, 4) is 0 Å². The first-order valence-corrected chi connectivity index (χ1v) is 8.80. The molecule has 0 atom stereocenters. The number of hydrogen-bond acceptors (Lipinski definition) is 5. The Balaban J connectivity index is 1.52. The molecule has 7 heteroatoms. The lowest BCUT2D eigenvalue weighted by molar-refractivity contribution is -0.117. The van der Waals surface area contributed by atoms with E-state index in [2.05, 4.69) is 26.3 Å². The number of aryl methyl sites for hydroxylation is 3. The summed E-state index contributed by atoms with van der Waals surface area (Å²) in [6, 6.07) is 7.62. The number of rotatable bonds is 4. The van der Waals surface area contributed by atoms with Crippen molar-refractivity contribution in [2.24, 2.45) is 7.05 Å². The zero-order chi connectivity index (χ0) is 18.7. The Labute approximate surface area is 153 Å². The van der Waals surface area contributed by atoms with Crippen LogP contribution in [0, 0.1) is 13.8 Å². The lowest BCUT2D eigenvalue weighted by atomic mass is 10.1. The van der Waals surface area contributed by atoms with E-state index in [1.165, 1.54) is 10.2 Å². The summed E-state index contributed by atoms with van der Waals surface area (Å²) in [7, 11) is 1.64. The fourth-order valence-corrected chi connectivity index (χ4v) is 3.14. The second kappa shape index (κ2) is 7.70. The molecule has 3 rings (SSSR count). The van der Waals surface area contributed by atoms with E-state index in [0.29, 0.717) is 6.54 Å². The maximum Gasteiger partial charge on any atom is 0.268 e. The first-order chi connectivity index (χ1) is 12.4. The van der Waals surface area contributed by atoms with Crippen molar-refractivity contribution in [2.75, 3.05) is 42.9 Å². The van der Waals surface area contributed by atoms with E-state index in [0.717, 1.165) is 43.1 Å². The Morgan fingerprint density at radius 1 is 1.15 bits per heavy atom. The predicted octanol–water partition coefficient (Wildman–Crippen LogP) is 1.16. The highest BCUT2D eigenvalue weighted by Gasteiger charge is 2.20. The van der Waals surface area contributed by atoms with Crippen molar-refractivity contribution in [1.82, 2.24) is 14.7 Å². The van der Waals surface area contributed by atoms with Crippen molar-refractivity contribution in [2.45, 2.75) is 13.8 Å². The minimum absolute atomic E-state index is 0.000602. The molecule has 1 amide bonds. The number of benzene rings is 1. The van der Waals surface area contributed by atoms with E-state index in [1.807, 2.05) is 26.0 Å². The maximum absolute atomic E-state index is 12.3. The normalized spacial score (nSPS) is 15.1. The van der Waals surface area contributed by atoms with Crippen molar-refractivity contribution >= 4 is 17.3 Å². The quantitative estimate of drug-likeness (QED) is 0.891. The molecule has 26 heavy (non-hydrogen) atoms. The molecular formula is C19H25N5O2. The summed E-state index contributed by atoms with van der Waals surface area (Å²) in [5, 5.41) is 7.06. The van der Waals surface area contributed by atoms with Crippen molar-refractivity contribution < 1.29 is 4.79 Å². The van der Waals surface area contributed by atoms with Crippen LogP contribution in [0.15, 0.2) is 35.3 Å². The van der Waals surface area contributed by atoms with E-state index in [-0.39, 0.29) is 11.5 Å². The highest BCUT2D eigenvalue weighted by atomic mass is 16.2. The SMILES string of the molecule is Cc1ccc(NC(=O)CN2CCN(c3cnn(C)c(=O)c3)CC2)c(C)c1. The number of anilines is 2. The van der Waals surface area contributed by atoms with Crippen LogP contribution in [-0.4, -0.2) is 53.3 Å². The second-order valence-electron chi connectivity index (χ2n) is 6.81. The monoisotopic (exact) mass is 355 g/mol. The van der Waals surface area contributed by atoms with Crippen LogP contribution in [0.5, 0.6) is 0 Å². The molecule has 1 saturated heterocycles. The molecule has 0 spiro atoms. The molecule has 1 aliphatic heterocycles. The van der Waals surface area contributed by atoms with Gasteiger partial charge in [0.15, 0.2) is 0 Å². The zero-order valence-electron chi connectivity index (χ0n) is 15.5. The summed E-state index contributed by atoms with van der Waals surface area (Å²) in [6.07, 6.45) is 1.71. The summed E-state index contributed by atoms with van der Waals surface area (Å²) >= 11 is 0. The number of carbonyl (C=O) groups is 1. The van der Waals surface area contributed by atoms with Gasteiger partial charge in [-0.1, -0.05) is 17.7 Å². The molecule has 0 bridgehead atoms. The number of nitrogens with zero attached hydrogens (tertiary/aromatic N) is 4. The predicted molar refractivity (Wildman–Crippen MR) is 103 cm³/mol. The molecule has 2 aromatic rings. The summed E-state index contributed by atoms with van der Waals surface area (Å²) in [6.45, 7) is 7.49. The molecule has 1 fully saturated rings. The van der Waals surface area contributed by atoms with Crippen molar-refractivity contribution in [3.05, 3.63) is 51.9 Å².